The molecule has 3 aliphatic rings. The third-order valence-corrected chi connectivity index (χ3v) is 4.37. The van der Waals surface area contributed by atoms with Gasteiger partial charge in [-0.25, -0.2) is 0 Å². The van der Waals surface area contributed by atoms with Crippen molar-refractivity contribution in [3.05, 3.63) is 0 Å². The van der Waals surface area contributed by atoms with Gasteiger partial charge in [0.1, 0.15) is 6.10 Å². The molecular weight excluding hydrogens is 209 g/mol. The lowest BCUT2D eigenvalue weighted by molar-refractivity contribution is -0.202. The predicted molar refractivity (Wildman–Crippen MR) is 43.7 cm³/mol. The van der Waals surface area contributed by atoms with Crippen LogP contribution in [-0.2, 0) is 9.53 Å². The van der Waals surface area contributed by atoms with Crippen LogP contribution in [0.2, 0.25) is 0 Å². The van der Waals surface area contributed by atoms with Crippen LogP contribution in [0.3, 0.4) is 0 Å². The van der Waals surface area contributed by atoms with Crippen LogP contribution in [0.4, 0.5) is 13.2 Å². The summed E-state index contributed by atoms with van der Waals surface area (Å²) in [6.07, 6.45) is -4.00. The van der Waals surface area contributed by atoms with E-state index in [-0.39, 0.29) is 17.9 Å². The molecule has 0 spiro atoms. The number of carbonyl (C=O) groups is 1. The van der Waals surface area contributed by atoms with Crippen LogP contribution in [0.5, 0.6) is 0 Å². The number of ether oxygens (including phenoxy) is 1. The molecule has 3 rings (SSSR count). The van der Waals surface area contributed by atoms with Gasteiger partial charge in [-0.05, 0) is 18.3 Å². The fraction of sp³-hybridized carbons (Fsp3) is 0.900. The number of esters is 1. The van der Waals surface area contributed by atoms with E-state index in [9.17, 15) is 18.0 Å². The van der Waals surface area contributed by atoms with E-state index in [2.05, 4.69) is 0 Å². The SMILES string of the molecule is CC1C2CC3C1OC(=O)C3C2C(F)(F)F. The first kappa shape index (κ1) is 9.48. The molecule has 1 saturated heterocycles. The van der Waals surface area contributed by atoms with Crippen molar-refractivity contribution in [3.63, 3.8) is 0 Å². The summed E-state index contributed by atoms with van der Waals surface area (Å²) < 4.78 is 43.5. The van der Waals surface area contributed by atoms with Crippen molar-refractivity contribution in [3.8, 4) is 0 Å². The van der Waals surface area contributed by atoms with Gasteiger partial charge in [0.05, 0.1) is 11.8 Å². The van der Waals surface area contributed by atoms with E-state index < -0.39 is 29.9 Å². The average molecular weight is 220 g/mol. The topological polar surface area (TPSA) is 26.3 Å². The Morgan fingerprint density at radius 3 is 2.60 bits per heavy atom. The average Bonchev–Trinajstić information content (AvgIpc) is 2.66. The highest BCUT2D eigenvalue weighted by Crippen LogP contribution is 2.63. The molecule has 2 bridgehead atoms. The minimum atomic E-state index is -4.26. The van der Waals surface area contributed by atoms with Gasteiger partial charge in [0, 0.05) is 5.92 Å². The number of fused-ring (bicyclic) bond motifs is 1. The van der Waals surface area contributed by atoms with E-state index in [1.54, 1.807) is 6.92 Å². The third-order valence-electron chi connectivity index (χ3n) is 4.37. The zero-order chi connectivity index (χ0) is 11.0. The van der Waals surface area contributed by atoms with Gasteiger partial charge in [-0.3, -0.25) is 4.79 Å². The second-order valence-corrected chi connectivity index (χ2v) is 4.92. The molecule has 1 heterocycles. The van der Waals surface area contributed by atoms with Crippen LogP contribution < -0.4 is 0 Å². The van der Waals surface area contributed by atoms with Crippen molar-refractivity contribution in [2.24, 2.45) is 29.6 Å². The highest BCUT2D eigenvalue weighted by atomic mass is 19.4. The molecule has 6 unspecified atom stereocenters. The number of halogens is 3. The van der Waals surface area contributed by atoms with Crippen LogP contribution in [0.1, 0.15) is 13.3 Å². The van der Waals surface area contributed by atoms with E-state index >= 15 is 0 Å². The van der Waals surface area contributed by atoms with Gasteiger partial charge in [0.15, 0.2) is 0 Å². The van der Waals surface area contributed by atoms with Gasteiger partial charge in [0.2, 0.25) is 0 Å². The minimum absolute atomic E-state index is 0.135. The fourth-order valence-electron chi connectivity index (χ4n) is 3.83. The Morgan fingerprint density at radius 2 is 2.00 bits per heavy atom. The quantitative estimate of drug-likeness (QED) is 0.583. The molecule has 0 N–H and O–H groups in total. The molecule has 1 aliphatic heterocycles. The van der Waals surface area contributed by atoms with Crippen LogP contribution in [0.25, 0.3) is 0 Å². The van der Waals surface area contributed by atoms with Crippen LogP contribution in [-0.4, -0.2) is 18.2 Å². The van der Waals surface area contributed by atoms with E-state index in [1.807, 2.05) is 0 Å². The summed E-state index contributed by atoms with van der Waals surface area (Å²) in [6.45, 7) is 1.77. The van der Waals surface area contributed by atoms with Crippen molar-refractivity contribution in [2.75, 3.05) is 0 Å². The highest BCUT2D eigenvalue weighted by molar-refractivity contribution is 5.77. The zero-order valence-corrected chi connectivity index (χ0v) is 8.12. The largest absolute Gasteiger partial charge is 0.462 e. The van der Waals surface area contributed by atoms with Gasteiger partial charge >= 0.3 is 12.1 Å². The summed E-state index contributed by atoms with van der Waals surface area (Å²) in [6, 6.07) is 0. The summed E-state index contributed by atoms with van der Waals surface area (Å²) in [7, 11) is 0. The second kappa shape index (κ2) is 2.50. The summed E-state index contributed by atoms with van der Waals surface area (Å²) in [5.74, 6) is -3.70. The molecule has 0 aromatic rings. The number of hydrogen-bond donors (Lipinski definition) is 0. The van der Waals surface area contributed by atoms with Crippen LogP contribution in [0, 0.1) is 29.6 Å². The minimum Gasteiger partial charge on any atom is -0.462 e. The second-order valence-electron chi connectivity index (χ2n) is 4.92. The Hall–Kier alpha value is -0.740. The molecule has 15 heavy (non-hydrogen) atoms. The van der Waals surface area contributed by atoms with Crippen LogP contribution >= 0.6 is 0 Å². The molecule has 2 aliphatic carbocycles. The van der Waals surface area contributed by atoms with Crippen molar-refractivity contribution < 1.29 is 22.7 Å². The summed E-state index contributed by atoms with van der Waals surface area (Å²) in [5, 5.41) is 0. The van der Waals surface area contributed by atoms with E-state index in [1.165, 1.54) is 0 Å². The molecule has 0 aromatic carbocycles. The van der Waals surface area contributed by atoms with Crippen molar-refractivity contribution in [1.82, 2.24) is 0 Å². The summed E-state index contributed by atoms with van der Waals surface area (Å²) in [4.78, 5) is 11.4. The Balaban J connectivity index is 2.02. The lowest BCUT2D eigenvalue weighted by Gasteiger charge is -2.30. The first-order chi connectivity index (χ1) is 6.91. The molecule has 0 aromatic heterocycles. The van der Waals surface area contributed by atoms with Crippen LogP contribution in [0.15, 0.2) is 0 Å². The highest BCUT2D eigenvalue weighted by Gasteiger charge is 2.71. The molecule has 5 heteroatoms. The molecule has 84 valence electrons. The molecule has 2 nitrogen and oxygen atoms in total. The van der Waals surface area contributed by atoms with E-state index in [0.29, 0.717) is 6.42 Å². The van der Waals surface area contributed by atoms with Gasteiger partial charge in [-0.15, -0.1) is 0 Å². The van der Waals surface area contributed by atoms with Gasteiger partial charge < -0.3 is 4.74 Å². The molecule has 6 atom stereocenters. The van der Waals surface area contributed by atoms with Crippen molar-refractivity contribution >= 4 is 5.97 Å². The lowest BCUT2D eigenvalue weighted by atomic mass is 9.74. The molecule has 0 radical (unpaired) electrons. The normalized spacial score (nSPS) is 52.4. The van der Waals surface area contributed by atoms with Crippen molar-refractivity contribution in [2.45, 2.75) is 25.6 Å². The summed E-state index contributed by atoms with van der Waals surface area (Å²) >= 11 is 0. The van der Waals surface area contributed by atoms with Crippen molar-refractivity contribution in [1.29, 1.82) is 0 Å². The van der Waals surface area contributed by atoms with Gasteiger partial charge in [0.25, 0.3) is 0 Å². The maximum Gasteiger partial charge on any atom is 0.392 e. The predicted octanol–water partition coefficient (Wildman–Crippen LogP) is 1.99. The Morgan fingerprint density at radius 1 is 1.33 bits per heavy atom. The number of alkyl halides is 3. The first-order valence-electron chi connectivity index (χ1n) is 5.18. The van der Waals surface area contributed by atoms with E-state index in [4.69, 9.17) is 4.74 Å². The monoisotopic (exact) mass is 220 g/mol. The standard InChI is InChI=1S/C10H11F3O2/c1-3-4-2-5-6(7(4)10(11,12)13)9(14)15-8(3)5/h3-8H,2H2,1H3. The smallest absolute Gasteiger partial charge is 0.392 e. The lowest BCUT2D eigenvalue weighted by Crippen LogP contribution is -2.40. The summed E-state index contributed by atoms with van der Waals surface area (Å²) in [5.41, 5.74) is 0. The molecule has 2 saturated carbocycles. The fourth-order valence-corrected chi connectivity index (χ4v) is 3.83. The third kappa shape index (κ3) is 0.988. The first-order valence-corrected chi connectivity index (χ1v) is 5.18. The molecular formula is C10H11F3O2. The molecule has 0 amide bonds. The zero-order valence-electron chi connectivity index (χ0n) is 8.12. The van der Waals surface area contributed by atoms with Gasteiger partial charge in [-0.1, -0.05) is 6.92 Å². The maximum atomic E-state index is 12.8. The Bertz CT molecular complexity index is 325. The molecule has 3 fully saturated rings. The Kier molecular flexibility index (Phi) is 1.58. The van der Waals surface area contributed by atoms with E-state index in [0.717, 1.165) is 0 Å². The van der Waals surface area contributed by atoms with Gasteiger partial charge in [-0.2, -0.15) is 13.2 Å². The Labute approximate surface area is 84.8 Å². The number of rotatable bonds is 0. The maximum absolute atomic E-state index is 12.8. The number of carbonyl (C=O) groups excluding carboxylic acids is 1. The number of hydrogen-bond acceptors (Lipinski definition) is 2.